The molecule has 2 aliphatic heterocycles. The number of carbonyl (C=O) groups is 1. The number of aromatic nitrogens is 5. The van der Waals surface area contributed by atoms with Crippen molar-refractivity contribution >= 4 is 21.7 Å². The standard InChI is InChI=1S/C27H32F3N7O4S/c1-25(2)16-18-6-12-35-13-8-22(33-35)42(39,40)34-24(38)19-4-5-20(31-23(19)36(25)17-18)37-14-7-21(32-37)41-15-3-9-26(10-11-26)27(28,29)30/h4-5,7-8,13-14,18H,3,6,9-12,15-17H2,1-2H3,(H,34,38)/t18-/m1/s1. The first-order chi connectivity index (χ1) is 19.8. The number of amides is 1. The monoisotopic (exact) mass is 607 g/mol. The lowest BCUT2D eigenvalue weighted by molar-refractivity contribution is -0.189. The Labute approximate surface area is 241 Å². The van der Waals surface area contributed by atoms with Crippen molar-refractivity contribution in [2.45, 2.75) is 75.7 Å². The summed E-state index contributed by atoms with van der Waals surface area (Å²) < 4.78 is 76.1. The van der Waals surface area contributed by atoms with Gasteiger partial charge in [0.1, 0.15) is 5.82 Å². The zero-order chi connectivity index (χ0) is 29.9. The molecule has 1 atom stereocenters. The highest BCUT2D eigenvalue weighted by Crippen LogP contribution is 2.60. The second kappa shape index (κ2) is 9.99. The molecular formula is C27H32F3N7O4S. The summed E-state index contributed by atoms with van der Waals surface area (Å²) in [5, 5.41) is 8.30. The molecule has 4 bridgehead atoms. The summed E-state index contributed by atoms with van der Waals surface area (Å²) in [5.41, 5.74) is -1.85. The highest BCUT2D eigenvalue weighted by molar-refractivity contribution is 7.90. The fourth-order valence-electron chi connectivity index (χ4n) is 5.98. The maximum atomic E-state index is 13.4. The van der Waals surface area contributed by atoms with Crippen molar-refractivity contribution in [1.29, 1.82) is 0 Å². The van der Waals surface area contributed by atoms with E-state index >= 15 is 0 Å². The highest BCUT2D eigenvalue weighted by atomic mass is 32.2. The van der Waals surface area contributed by atoms with Crippen molar-refractivity contribution in [3.05, 3.63) is 42.2 Å². The zero-order valence-electron chi connectivity index (χ0n) is 23.3. The van der Waals surface area contributed by atoms with Gasteiger partial charge in [0.25, 0.3) is 15.9 Å². The van der Waals surface area contributed by atoms with Crippen LogP contribution in [0.4, 0.5) is 19.0 Å². The summed E-state index contributed by atoms with van der Waals surface area (Å²) in [5.74, 6) is 0.364. The molecule has 42 heavy (non-hydrogen) atoms. The number of hydrogen-bond donors (Lipinski definition) is 1. The van der Waals surface area contributed by atoms with Crippen LogP contribution in [-0.4, -0.2) is 63.7 Å². The molecule has 1 N–H and O–H groups in total. The average molecular weight is 608 g/mol. The van der Waals surface area contributed by atoms with Gasteiger partial charge in [-0.3, -0.25) is 9.48 Å². The number of nitrogens with one attached hydrogen (secondary N) is 1. The van der Waals surface area contributed by atoms with Crippen LogP contribution in [0.15, 0.2) is 41.7 Å². The average Bonchev–Trinajstić information content (AvgIpc) is 3.23. The van der Waals surface area contributed by atoms with Crippen molar-refractivity contribution in [3.63, 3.8) is 0 Å². The van der Waals surface area contributed by atoms with Gasteiger partial charge in [-0.25, -0.2) is 14.4 Å². The number of alkyl halides is 3. The predicted molar refractivity (Wildman–Crippen MR) is 145 cm³/mol. The summed E-state index contributed by atoms with van der Waals surface area (Å²) in [6, 6.07) is 6.02. The van der Waals surface area contributed by atoms with E-state index in [0.717, 1.165) is 12.8 Å². The minimum atomic E-state index is -4.21. The number of pyridine rings is 1. The fourth-order valence-corrected chi connectivity index (χ4v) is 6.89. The molecular weight excluding hydrogens is 575 g/mol. The van der Waals surface area contributed by atoms with Crippen LogP contribution in [0, 0.1) is 11.3 Å². The second-order valence-corrected chi connectivity index (χ2v) is 13.6. The lowest BCUT2D eigenvalue weighted by Gasteiger charge is -2.34. The number of ether oxygens (including phenoxy) is 1. The zero-order valence-corrected chi connectivity index (χ0v) is 24.1. The number of halogens is 3. The molecule has 3 aromatic rings. The lowest BCUT2D eigenvalue weighted by Crippen LogP contribution is -2.41. The Balaban J connectivity index is 1.25. The highest BCUT2D eigenvalue weighted by Gasteiger charge is 2.62. The van der Waals surface area contributed by atoms with Crippen molar-refractivity contribution in [1.82, 2.24) is 29.3 Å². The fraction of sp³-hybridized carbons (Fsp3) is 0.556. The first-order valence-electron chi connectivity index (χ1n) is 13.9. The van der Waals surface area contributed by atoms with E-state index in [1.807, 2.05) is 4.90 Å². The predicted octanol–water partition coefficient (Wildman–Crippen LogP) is 4.09. The second-order valence-electron chi connectivity index (χ2n) is 12.0. The van der Waals surface area contributed by atoms with Gasteiger partial charge in [0.05, 0.1) is 17.6 Å². The minimum Gasteiger partial charge on any atom is -0.477 e. The summed E-state index contributed by atoms with van der Waals surface area (Å²) in [4.78, 5) is 20.2. The molecule has 6 rings (SSSR count). The van der Waals surface area contributed by atoms with Crippen molar-refractivity contribution in [2.24, 2.45) is 11.3 Å². The van der Waals surface area contributed by atoms with Gasteiger partial charge < -0.3 is 9.64 Å². The first-order valence-corrected chi connectivity index (χ1v) is 15.4. The van der Waals surface area contributed by atoms with Gasteiger partial charge in [-0.2, -0.15) is 26.7 Å². The number of carbonyl (C=O) groups excluding carboxylic acids is 1. The summed E-state index contributed by atoms with van der Waals surface area (Å²) in [7, 11) is -4.21. The Morgan fingerprint density at radius 3 is 2.64 bits per heavy atom. The van der Waals surface area contributed by atoms with Crippen LogP contribution in [-0.2, 0) is 16.6 Å². The molecule has 0 radical (unpaired) electrons. The minimum absolute atomic E-state index is 0.0235. The SMILES string of the molecule is CC1(C)C[C@H]2CCn3ccc(n3)S(=O)(=O)NC(=O)c3ccc(-n4ccc(OCCCC5(C(F)(F)F)CC5)n4)nc3N1C2. The molecule has 5 heterocycles. The van der Waals surface area contributed by atoms with Gasteiger partial charge in [-0.15, -0.1) is 5.10 Å². The Bertz CT molecular complexity index is 1610. The Morgan fingerprint density at radius 1 is 1.12 bits per heavy atom. The molecule has 1 saturated heterocycles. The Kier molecular flexibility index (Phi) is 6.78. The molecule has 226 valence electrons. The van der Waals surface area contributed by atoms with Gasteiger partial charge in [-0.05, 0) is 76.5 Å². The van der Waals surface area contributed by atoms with Crippen molar-refractivity contribution in [3.8, 4) is 11.7 Å². The number of hydrogen-bond acceptors (Lipinski definition) is 8. The largest absolute Gasteiger partial charge is 0.477 e. The van der Waals surface area contributed by atoms with E-state index in [2.05, 4.69) is 28.8 Å². The number of fused-ring (bicyclic) bond motifs is 6. The molecule has 1 amide bonds. The van der Waals surface area contributed by atoms with Crippen LogP contribution in [0.25, 0.3) is 5.82 Å². The Morgan fingerprint density at radius 2 is 1.90 bits per heavy atom. The normalized spacial score (nSPS) is 22.4. The number of nitrogens with zero attached hydrogens (tertiary/aromatic N) is 6. The lowest BCUT2D eigenvalue weighted by atomic mass is 9.94. The van der Waals surface area contributed by atoms with Gasteiger partial charge in [0.2, 0.25) is 5.88 Å². The molecule has 1 saturated carbocycles. The van der Waals surface area contributed by atoms with Crippen LogP contribution in [0.2, 0.25) is 0 Å². The van der Waals surface area contributed by atoms with Crippen LogP contribution in [0.5, 0.6) is 5.88 Å². The molecule has 15 heteroatoms. The first kappa shape index (κ1) is 28.5. The van der Waals surface area contributed by atoms with Gasteiger partial charge in [-0.1, -0.05) is 0 Å². The van der Waals surface area contributed by atoms with Gasteiger partial charge >= 0.3 is 6.18 Å². The smallest absolute Gasteiger partial charge is 0.394 e. The van der Waals surface area contributed by atoms with E-state index in [4.69, 9.17) is 9.72 Å². The van der Waals surface area contributed by atoms with Crippen LogP contribution < -0.4 is 14.4 Å². The van der Waals surface area contributed by atoms with E-state index in [-0.39, 0.29) is 60.2 Å². The van der Waals surface area contributed by atoms with E-state index in [1.54, 1.807) is 29.2 Å². The molecule has 3 aromatic heterocycles. The quantitative estimate of drug-likeness (QED) is 0.416. The van der Waals surface area contributed by atoms with Crippen LogP contribution >= 0.6 is 0 Å². The van der Waals surface area contributed by atoms with Crippen LogP contribution in [0.3, 0.4) is 0 Å². The maximum Gasteiger partial charge on any atom is 0.394 e. The topological polar surface area (TPSA) is 124 Å². The summed E-state index contributed by atoms with van der Waals surface area (Å²) in [6.07, 6.45) is 1.23. The Hall–Kier alpha value is -3.62. The number of rotatable bonds is 6. The number of aryl methyl sites for hydroxylation is 1. The molecule has 2 fully saturated rings. The van der Waals surface area contributed by atoms with Crippen molar-refractivity contribution < 1.29 is 31.1 Å². The van der Waals surface area contributed by atoms with Crippen LogP contribution in [0.1, 0.15) is 62.7 Å². The van der Waals surface area contributed by atoms with Gasteiger partial charge in [0, 0.05) is 37.1 Å². The number of anilines is 1. The third-order valence-electron chi connectivity index (χ3n) is 8.51. The molecule has 0 aromatic carbocycles. The molecule has 3 aliphatic rings. The third-order valence-corrected chi connectivity index (χ3v) is 9.73. The molecule has 11 nitrogen and oxygen atoms in total. The van der Waals surface area contributed by atoms with E-state index in [0.29, 0.717) is 24.7 Å². The van der Waals surface area contributed by atoms with Gasteiger partial charge in [0.15, 0.2) is 10.8 Å². The summed E-state index contributed by atoms with van der Waals surface area (Å²) in [6.45, 7) is 5.36. The summed E-state index contributed by atoms with van der Waals surface area (Å²) >= 11 is 0. The van der Waals surface area contributed by atoms with E-state index < -0.39 is 27.5 Å². The van der Waals surface area contributed by atoms with E-state index in [9.17, 15) is 26.4 Å². The third kappa shape index (κ3) is 5.34. The molecule has 0 spiro atoms. The number of sulfonamides is 1. The molecule has 1 aliphatic carbocycles. The maximum absolute atomic E-state index is 13.4. The molecule has 0 unspecified atom stereocenters. The van der Waals surface area contributed by atoms with E-state index in [1.165, 1.54) is 16.8 Å². The van der Waals surface area contributed by atoms with Crippen molar-refractivity contribution in [2.75, 3.05) is 18.1 Å².